The average Bonchev–Trinajstić information content (AvgIpc) is 2.38. The van der Waals surface area contributed by atoms with E-state index in [1.807, 2.05) is 0 Å². The van der Waals surface area contributed by atoms with Gasteiger partial charge in [0.2, 0.25) is 5.91 Å². The van der Waals surface area contributed by atoms with Crippen LogP contribution in [0.5, 0.6) is 0 Å². The number of carbonyl (C=O) groups excluding carboxylic acids is 2. The number of ether oxygens (including phenoxy) is 1. The third-order valence-corrected chi connectivity index (χ3v) is 3.07. The van der Waals surface area contributed by atoms with E-state index >= 15 is 0 Å². The van der Waals surface area contributed by atoms with Crippen molar-refractivity contribution in [1.82, 2.24) is 0 Å². The van der Waals surface area contributed by atoms with Crippen LogP contribution in [0.25, 0.3) is 0 Å². The molecule has 116 valence electrons. The van der Waals surface area contributed by atoms with Gasteiger partial charge in [0.05, 0.1) is 13.5 Å². The van der Waals surface area contributed by atoms with Crippen LogP contribution in [0.2, 0.25) is 0 Å². The maximum Gasteiger partial charge on any atom is 0.428 e. The van der Waals surface area contributed by atoms with E-state index < -0.39 is 30.1 Å². The molecule has 0 aliphatic heterocycles. The molecule has 1 aromatic rings. The fraction of sp³-hybridized carbons (Fsp3) is 0.333. The molecule has 1 atom stereocenters. The van der Waals surface area contributed by atoms with Crippen molar-refractivity contribution in [2.45, 2.75) is 18.2 Å². The van der Waals surface area contributed by atoms with E-state index in [2.05, 4.69) is 26.0 Å². The van der Waals surface area contributed by atoms with Gasteiger partial charge in [-0.3, -0.25) is 4.79 Å². The first-order valence-corrected chi connectivity index (χ1v) is 6.32. The van der Waals surface area contributed by atoms with E-state index in [-0.39, 0.29) is 5.69 Å². The smallest absolute Gasteiger partial charge is 0.428 e. The monoisotopic (exact) mass is 369 g/mol. The second kappa shape index (κ2) is 6.44. The number of aliphatic hydroxyl groups is 1. The first kappa shape index (κ1) is 17.4. The number of esters is 1. The van der Waals surface area contributed by atoms with Gasteiger partial charge in [-0.2, -0.15) is 13.2 Å². The summed E-state index contributed by atoms with van der Waals surface area (Å²) in [4.78, 5) is 22.7. The molecule has 0 aromatic heterocycles. The molecule has 5 nitrogen and oxygen atoms in total. The molecule has 21 heavy (non-hydrogen) atoms. The van der Waals surface area contributed by atoms with E-state index in [1.165, 1.54) is 12.1 Å². The van der Waals surface area contributed by atoms with Crippen LogP contribution in [0.4, 0.5) is 18.9 Å². The van der Waals surface area contributed by atoms with Crippen molar-refractivity contribution >= 4 is 33.5 Å². The van der Waals surface area contributed by atoms with Crippen molar-refractivity contribution in [3.05, 3.63) is 28.7 Å². The topological polar surface area (TPSA) is 75.6 Å². The second-order valence-electron chi connectivity index (χ2n) is 4.08. The normalized spacial score (nSPS) is 14.2. The molecule has 1 rings (SSSR count). The number of methoxy groups -OCH3 is 1. The summed E-state index contributed by atoms with van der Waals surface area (Å²) in [6, 6.07) is 6.00. The van der Waals surface area contributed by atoms with Crippen LogP contribution in [0, 0.1) is 0 Å². The third-order valence-electron chi connectivity index (χ3n) is 2.54. The Labute approximate surface area is 126 Å². The molecule has 0 aliphatic carbocycles. The molecule has 0 radical (unpaired) electrons. The highest BCUT2D eigenvalue weighted by Crippen LogP contribution is 2.34. The summed E-state index contributed by atoms with van der Waals surface area (Å²) in [5, 5.41) is 11.6. The standard InChI is InChI=1S/C12H11BrF3NO4/c1-21-10(19)11(20,12(14,15)16)6-9(18)17-8-4-2-7(13)3-5-8/h2-5,20H,6H2,1H3,(H,17,18). The second-order valence-corrected chi connectivity index (χ2v) is 5.00. The van der Waals surface area contributed by atoms with Gasteiger partial charge < -0.3 is 15.2 Å². The lowest BCUT2D eigenvalue weighted by Gasteiger charge is -2.26. The van der Waals surface area contributed by atoms with Crippen LogP contribution >= 0.6 is 15.9 Å². The number of alkyl halides is 3. The predicted octanol–water partition coefficient (Wildman–Crippen LogP) is 2.24. The lowest BCUT2D eigenvalue weighted by atomic mass is 9.98. The first-order chi connectivity index (χ1) is 9.60. The molecule has 0 saturated carbocycles. The van der Waals surface area contributed by atoms with Gasteiger partial charge in [-0.15, -0.1) is 0 Å². The number of carbonyl (C=O) groups is 2. The Bertz CT molecular complexity index is 532. The number of nitrogens with one attached hydrogen (secondary N) is 1. The first-order valence-electron chi connectivity index (χ1n) is 5.53. The van der Waals surface area contributed by atoms with Crippen LogP contribution in [-0.4, -0.2) is 35.9 Å². The van der Waals surface area contributed by atoms with Gasteiger partial charge in [0.1, 0.15) is 0 Å². The summed E-state index contributed by atoms with van der Waals surface area (Å²) < 4.78 is 42.9. The maximum atomic E-state index is 12.8. The van der Waals surface area contributed by atoms with Crippen molar-refractivity contribution in [2.24, 2.45) is 0 Å². The molecule has 0 fully saturated rings. The molecule has 0 bridgehead atoms. The number of anilines is 1. The molecule has 0 aliphatic rings. The zero-order valence-electron chi connectivity index (χ0n) is 10.7. The van der Waals surface area contributed by atoms with Crippen molar-refractivity contribution in [3.63, 3.8) is 0 Å². The largest absolute Gasteiger partial charge is 0.467 e. The molecular formula is C12H11BrF3NO4. The van der Waals surface area contributed by atoms with Crippen LogP contribution in [0.15, 0.2) is 28.7 Å². The highest BCUT2D eigenvalue weighted by atomic mass is 79.9. The third kappa shape index (κ3) is 4.18. The van der Waals surface area contributed by atoms with E-state index in [9.17, 15) is 27.9 Å². The van der Waals surface area contributed by atoms with Gasteiger partial charge in [-0.25, -0.2) is 4.79 Å². The van der Waals surface area contributed by atoms with Crippen LogP contribution in [0.3, 0.4) is 0 Å². The summed E-state index contributed by atoms with van der Waals surface area (Å²) in [6.07, 6.45) is -6.84. The van der Waals surface area contributed by atoms with Crippen molar-refractivity contribution in [3.8, 4) is 0 Å². The maximum absolute atomic E-state index is 12.8. The molecule has 0 heterocycles. The quantitative estimate of drug-likeness (QED) is 0.798. The molecule has 9 heteroatoms. The Morgan fingerprint density at radius 1 is 1.29 bits per heavy atom. The number of hydrogen-bond acceptors (Lipinski definition) is 4. The Morgan fingerprint density at radius 2 is 1.81 bits per heavy atom. The zero-order valence-corrected chi connectivity index (χ0v) is 12.3. The van der Waals surface area contributed by atoms with Crippen LogP contribution in [-0.2, 0) is 14.3 Å². The minimum absolute atomic E-state index is 0.220. The van der Waals surface area contributed by atoms with Crippen LogP contribution in [0.1, 0.15) is 6.42 Å². The minimum atomic E-state index is -5.34. The van der Waals surface area contributed by atoms with E-state index in [0.29, 0.717) is 11.6 Å². The molecule has 1 unspecified atom stereocenters. The number of benzene rings is 1. The Kier molecular flexibility index (Phi) is 5.35. The summed E-state index contributed by atoms with van der Waals surface area (Å²) >= 11 is 3.15. The van der Waals surface area contributed by atoms with Gasteiger partial charge in [-0.1, -0.05) is 15.9 Å². The van der Waals surface area contributed by atoms with E-state index in [4.69, 9.17) is 0 Å². The SMILES string of the molecule is COC(=O)C(O)(CC(=O)Nc1ccc(Br)cc1)C(F)(F)F. The Morgan fingerprint density at radius 3 is 2.24 bits per heavy atom. The van der Waals surface area contributed by atoms with Gasteiger partial charge in [0, 0.05) is 10.2 Å². The lowest BCUT2D eigenvalue weighted by Crippen LogP contribution is -2.54. The van der Waals surface area contributed by atoms with E-state index in [1.54, 1.807) is 12.1 Å². The van der Waals surface area contributed by atoms with Crippen LogP contribution < -0.4 is 5.32 Å². The molecular weight excluding hydrogens is 359 g/mol. The summed E-state index contributed by atoms with van der Waals surface area (Å²) in [5.41, 5.74) is -3.67. The van der Waals surface area contributed by atoms with Gasteiger partial charge in [-0.05, 0) is 24.3 Å². The zero-order chi connectivity index (χ0) is 16.3. The van der Waals surface area contributed by atoms with Crippen molar-refractivity contribution < 1.29 is 32.6 Å². The number of hydrogen-bond donors (Lipinski definition) is 2. The average molecular weight is 370 g/mol. The molecule has 0 saturated heterocycles. The molecule has 0 spiro atoms. The molecule has 1 aromatic carbocycles. The highest BCUT2D eigenvalue weighted by Gasteiger charge is 2.61. The number of halogens is 4. The number of rotatable bonds is 4. The fourth-order valence-electron chi connectivity index (χ4n) is 1.43. The molecule has 2 N–H and O–H groups in total. The Balaban J connectivity index is 2.87. The summed E-state index contributed by atoms with van der Waals surface area (Å²) in [6.45, 7) is 0. The van der Waals surface area contributed by atoms with Gasteiger partial charge in [0.25, 0.3) is 5.60 Å². The fourth-order valence-corrected chi connectivity index (χ4v) is 1.69. The molecule has 1 amide bonds. The number of amides is 1. The Hall–Kier alpha value is -1.61. The minimum Gasteiger partial charge on any atom is -0.467 e. The highest BCUT2D eigenvalue weighted by molar-refractivity contribution is 9.10. The van der Waals surface area contributed by atoms with Gasteiger partial charge in [0.15, 0.2) is 0 Å². The summed E-state index contributed by atoms with van der Waals surface area (Å²) in [5.74, 6) is -3.12. The summed E-state index contributed by atoms with van der Waals surface area (Å²) in [7, 11) is 0.686. The van der Waals surface area contributed by atoms with Crippen molar-refractivity contribution in [2.75, 3.05) is 12.4 Å². The van der Waals surface area contributed by atoms with Crippen molar-refractivity contribution in [1.29, 1.82) is 0 Å². The lowest BCUT2D eigenvalue weighted by molar-refractivity contribution is -0.261. The van der Waals surface area contributed by atoms with E-state index in [0.717, 1.165) is 0 Å². The predicted molar refractivity (Wildman–Crippen MR) is 70.4 cm³/mol. The van der Waals surface area contributed by atoms with Gasteiger partial charge >= 0.3 is 12.1 Å².